The SMILES string of the molecule is C=CCOC(=O)OCCCCCCCCCC. The Bertz CT molecular complexity index is 190. The number of carbonyl (C=O) groups excluding carboxylic acids is 1. The van der Waals surface area contributed by atoms with Crippen molar-refractivity contribution in [2.45, 2.75) is 58.3 Å². The van der Waals surface area contributed by atoms with Gasteiger partial charge in [0.2, 0.25) is 0 Å². The molecular formula is C14H26O3. The first-order valence-electron chi connectivity index (χ1n) is 6.71. The summed E-state index contributed by atoms with van der Waals surface area (Å²) >= 11 is 0. The van der Waals surface area contributed by atoms with Crippen molar-refractivity contribution in [3.05, 3.63) is 12.7 Å². The van der Waals surface area contributed by atoms with Crippen LogP contribution in [0.15, 0.2) is 12.7 Å². The van der Waals surface area contributed by atoms with Gasteiger partial charge in [-0.25, -0.2) is 4.79 Å². The standard InChI is InChI=1S/C14H26O3/c1-3-5-6-7-8-9-10-11-13-17-14(15)16-12-4-2/h4H,2-3,5-13H2,1H3. The molecule has 100 valence electrons. The van der Waals surface area contributed by atoms with E-state index in [2.05, 4.69) is 18.2 Å². The van der Waals surface area contributed by atoms with Crippen LogP contribution in [0.25, 0.3) is 0 Å². The highest BCUT2D eigenvalue weighted by molar-refractivity contribution is 5.59. The first kappa shape index (κ1) is 16.0. The summed E-state index contributed by atoms with van der Waals surface area (Å²) in [7, 11) is 0. The van der Waals surface area contributed by atoms with Crippen molar-refractivity contribution in [2.75, 3.05) is 13.2 Å². The fourth-order valence-corrected chi connectivity index (χ4v) is 1.56. The van der Waals surface area contributed by atoms with Gasteiger partial charge in [-0.2, -0.15) is 0 Å². The summed E-state index contributed by atoms with van der Waals surface area (Å²) in [6.45, 7) is 6.36. The molecule has 0 radical (unpaired) electrons. The second kappa shape index (κ2) is 13.1. The van der Waals surface area contributed by atoms with Gasteiger partial charge in [0.05, 0.1) is 6.61 Å². The summed E-state index contributed by atoms with van der Waals surface area (Å²) in [6.07, 6.45) is 10.8. The highest BCUT2D eigenvalue weighted by atomic mass is 16.7. The van der Waals surface area contributed by atoms with Crippen molar-refractivity contribution < 1.29 is 14.3 Å². The third-order valence-corrected chi connectivity index (χ3v) is 2.54. The van der Waals surface area contributed by atoms with Crippen LogP contribution in [-0.2, 0) is 9.47 Å². The van der Waals surface area contributed by atoms with Crippen LogP contribution in [0.1, 0.15) is 58.3 Å². The molecule has 0 aliphatic rings. The molecule has 0 heterocycles. The van der Waals surface area contributed by atoms with Gasteiger partial charge in [0, 0.05) is 0 Å². The molecule has 0 atom stereocenters. The summed E-state index contributed by atoms with van der Waals surface area (Å²) in [5.41, 5.74) is 0. The van der Waals surface area contributed by atoms with Gasteiger partial charge >= 0.3 is 6.16 Å². The van der Waals surface area contributed by atoms with Crippen LogP contribution in [-0.4, -0.2) is 19.4 Å². The Hall–Kier alpha value is -0.990. The van der Waals surface area contributed by atoms with E-state index in [1.807, 2.05) is 0 Å². The van der Waals surface area contributed by atoms with Gasteiger partial charge in [-0.15, -0.1) is 0 Å². The average Bonchev–Trinajstić information content (AvgIpc) is 2.34. The fraction of sp³-hybridized carbons (Fsp3) is 0.786. The largest absolute Gasteiger partial charge is 0.508 e. The molecule has 0 fully saturated rings. The van der Waals surface area contributed by atoms with E-state index in [-0.39, 0.29) is 6.61 Å². The zero-order valence-electron chi connectivity index (χ0n) is 11.1. The lowest BCUT2D eigenvalue weighted by molar-refractivity contribution is 0.0620. The maximum atomic E-state index is 10.9. The quantitative estimate of drug-likeness (QED) is 0.305. The number of hydrogen-bond acceptors (Lipinski definition) is 3. The Morgan fingerprint density at radius 2 is 1.59 bits per heavy atom. The molecule has 0 aliphatic carbocycles. The maximum Gasteiger partial charge on any atom is 0.508 e. The minimum absolute atomic E-state index is 0.219. The van der Waals surface area contributed by atoms with E-state index < -0.39 is 6.16 Å². The van der Waals surface area contributed by atoms with Crippen molar-refractivity contribution in [1.82, 2.24) is 0 Å². The summed E-state index contributed by atoms with van der Waals surface area (Å²) in [5, 5.41) is 0. The number of ether oxygens (including phenoxy) is 2. The molecule has 0 bridgehead atoms. The number of hydrogen-bond donors (Lipinski definition) is 0. The summed E-state index contributed by atoms with van der Waals surface area (Å²) in [4.78, 5) is 10.9. The molecule has 0 rings (SSSR count). The molecular weight excluding hydrogens is 216 g/mol. The lowest BCUT2D eigenvalue weighted by atomic mass is 10.1. The lowest BCUT2D eigenvalue weighted by Crippen LogP contribution is -2.08. The van der Waals surface area contributed by atoms with Crippen molar-refractivity contribution >= 4 is 6.16 Å². The van der Waals surface area contributed by atoms with Crippen LogP contribution < -0.4 is 0 Å². The van der Waals surface area contributed by atoms with Crippen LogP contribution in [0.5, 0.6) is 0 Å². The first-order chi connectivity index (χ1) is 8.31. The topological polar surface area (TPSA) is 35.5 Å². The second-order valence-corrected chi connectivity index (χ2v) is 4.17. The van der Waals surface area contributed by atoms with E-state index in [0.717, 1.165) is 12.8 Å². The second-order valence-electron chi connectivity index (χ2n) is 4.17. The monoisotopic (exact) mass is 242 g/mol. The molecule has 3 nitrogen and oxygen atoms in total. The fourth-order valence-electron chi connectivity index (χ4n) is 1.56. The van der Waals surface area contributed by atoms with Crippen molar-refractivity contribution in [3.63, 3.8) is 0 Å². The van der Waals surface area contributed by atoms with Crippen LogP contribution >= 0.6 is 0 Å². The van der Waals surface area contributed by atoms with E-state index in [1.165, 1.54) is 44.6 Å². The third kappa shape index (κ3) is 12.9. The molecule has 0 amide bonds. The molecule has 17 heavy (non-hydrogen) atoms. The minimum atomic E-state index is -0.590. The van der Waals surface area contributed by atoms with Gasteiger partial charge in [0.15, 0.2) is 0 Å². The van der Waals surface area contributed by atoms with Gasteiger partial charge in [-0.3, -0.25) is 0 Å². The Morgan fingerprint density at radius 3 is 2.18 bits per heavy atom. The number of carbonyl (C=O) groups is 1. The van der Waals surface area contributed by atoms with E-state index in [0.29, 0.717) is 6.61 Å². The molecule has 0 spiro atoms. The van der Waals surface area contributed by atoms with Crippen LogP contribution in [0.3, 0.4) is 0 Å². The maximum absolute atomic E-state index is 10.9. The van der Waals surface area contributed by atoms with E-state index >= 15 is 0 Å². The molecule has 0 unspecified atom stereocenters. The van der Waals surface area contributed by atoms with E-state index in [9.17, 15) is 4.79 Å². The van der Waals surface area contributed by atoms with Crippen LogP contribution in [0.2, 0.25) is 0 Å². The smallest absolute Gasteiger partial charge is 0.434 e. The molecule has 0 saturated carbocycles. The molecule has 0 aromatic heterocycles. The molecule has 0 saturated heterocycles. The summed E-state index contributed by atoms with van der Waals surface area (Å²) in [6, 6.07) is 0. The lowest BCUT2D eigenvalue weighted by Gasteiger charge is -2.04. The Kier molecular flexibility index (Phi) is 12.3. The third-order valence-electron chi connectivity index (χ3n) is 2.54. The van der Waals surface area contributed by atoms with Crippen molar-refractivity contribution in [1.29, 1.82) is 0 Å². The Balaban J connectivity index is 3.07. The predicted molar refractivity (Wildman–Crippen MR) is 70.1 cm³/mol. The zero-order chi connectivity index (χ0) is 12.8. The summed E-state index contributed by atoms with van der Waals surface area (Å²) in [5.74, 6) is 0. The van der Waals surface area contributed by atoms with Crippen LogP contribution in [0.4, 0.5) is 4.79 Å². The highest BCUT2D eigenvalue weighted by Crippen LogP contribution is 2.08. The van der Waals surface area contributed by atoms with Crippen LogP contribution in [0, 0.1) is 0 Å². The minimum Gasteiger partial charge on any atom is -0.434 e. The highest BCUT2D eigenvalue weighted by Gasteiger charge is 2.00. The normalized spacial score (nSPS) is 9.94. The first-order valence-corrected chi connectivity index (χ1v) is 6.71. The van der Waals surface area contributed by atoms with Gasteiger partial charge in [-0.1, -0.05) is 64.5 Å². The Labute approximate surface area is 105 Å². The molecule has 0 aliphatic heterocycles. The molecule has 0 aromatic carbocycles. The van der Waals surface area contributed by atoms with Gasteiger partial charge in [0.25, 0.3) is 0 Å². The summed E-state index contributed by atoms with van der Waals surface area (Å²) < 4.78 is 9.56. The predicted octanol–water partition coefficient (Wildman–Crippen LogP) is 4.47. The number of unbranched alkanes of at least 4 members (excludes halogenated alkanes) is 7. The number of rotatable bonds is 11. The van der Waals surface area contributed by atoms with Gasteiger partial charge in [-0.05, 0) is 6.42 Å². The van der Waals surface area contributed by atoms with Gasteiger partial charge < -0.3 is 9.47 Å². The Morgan fingerprint density at radius 1 is 1.00 bits per heavy atom. The van der Waals surface area contributed by atoms with Crippen molar-refractivity contribution in [2.24, 2.45) is 0 Å². The molecule has 0 aromatic rings. The van der Waals surface area contributed by atoms with Crippen molar-refractivity contribution in [3.8, 4) is 0 Å². The molecule has 3 heteroatoms. The van der Waals surface area contributed by atoms with E-state index in [4.69, 9.17) is 4.74 Å². The van der Waals surface area contributed by atoms with E-state index in [1.54, 1.807) is 0 Å². The average molecular weight is 242 g/mol. The van der Waals surface area contributed by atoms with Gasteiger partial charge in [0.1, 0.15) is 6.61 Å². The molecule has 0 N–H and O–H groups in total. The zero-order valence-corrected chi connectivity index (χ0v) is 11.1.